The van der Waals surface area contributed by atoms with Gasteiger partial charge in [0, 0.05) is 11.3 Å². The van der Waals surface area contributed by atoms with Gasteiger partial charge in [-0.05, 0) is 12.1 Å². The zero-order chi connectivity index (χ0) is 11.0. The molecule has 0 aliphatic heterocycles. The van der Waals surface area contributed by atoms with Crippen molar-refractivity contribution in [3.05, 3.63) is 36.9 Å². The van der Waals surface area contributed by atoms with E-state index in [0.29, 0.717) is 11.3 Å². The second-order valence-electron chi connectivity index (χ2n) is 3.45. The lowest BCUT2D eigenvalue weighted by molar-refractivity contribution is 1.20. The third-order valence-electron chi connectivity index (χ3n) is 2.38. The molecule has 2 heterocycles. The maximum Gasteiger partial charge on any atom is 0.181 e. The number of H-pyrrole nitrogens is 1. The van der Waals surface area contributed by atoms with Crippen LogP contribution < -0.4 is 5.73 Å². The molecule has 3 aromatic rings. The van der Waals surface area contributed by atoms with E-state index >= 15 is 0 Å². The zero-order valence-electron chi connectivity index (χ0n) is 8.38. The molecule has 78 valence electrons. The van der Waals surface area contributed by atoms with Crippen molar-refractivity contribution in [1.82, 2.24) is 19.9 Å². The van der Waals surface area contributed by atoms with Crippen LogP contribution in [0.5, 0.6) is 0 Å². The summed E-state index contributed by atoms with van der Waals surface area (Å²) in [7, 11) is 0. The summed E-state index contributed by atoms with van der Waals surface area (Å²) >= 11 is 0. The standard InChI is InChI=1S/C11H9N5/c12-8-3-1-2-7(4-8)9-10-11(15-5-13-9)16-6-14-10/h1-6H,12H2,(H,13,14,15,16). The third-order valence-corrected chi connectivity index (χ3v) is 2.38. The smallest absolute Gasteiger partial charge is 0.181 e. The number of aromatic amines is 1. The molecule has 3 N–H and O–H groups in total. The largest absolute Gasteiger partial charge is 0.399 e. The minimum Gasteiger partial charge on any atom is -0.399 e. The fraction of sp³-hybridized carbons (Fsp3) is 0. The second kappa shape index (κ2) is 3.30. The number of nitrogens with two attached hydrogens (primary N) is 1. The molecule has 0 saturated carbocycles. The van der Waals surface area contributed by atoms with Crippen molar-refractivity contribution in [2.75, 3.05) is 5.73 Å². The Hall–Kier alpha value is -2.43. The summed E-state index contributed by atoms with van der Waals surface area (Å²) in [6.07, 6.45) is 3.11. The van der Waals surface area contributed by atoms with Gasteiger partial charge >= 0.3 is 0 Å². The molecule has 2 aromatic heterocycles. The number of hydrogen-bond acceptors (Lipinski definition) is 4. The Balaban J connectivity index is 2.29. The van der Waals surface area contributed by atoms with Gasteiger partial charge in [-0.1, -0.05) is 12.1 Å². The topological polar surface area (TPSA) is 80.5 Å². The molecule has 0 atom stereocenters. The number of nitrogens with one attached hydrogen (secondary N) is 1. The maximum atomic E-state index is 5.75. The number of hydrogen-bond donors (Lipinski definition) is 2. The first-order valence-electron chi connectivity index (χ1n) is 4.84. The van der Waals surface area contributed by atoms with Gasteiger partial charge in [0.25, 0.3) is 0 Å². The lowest BCUT2D eigenvalue weighted by Gasteiger charge is -2.02. The molecular weight excluding hydrogens is 202 g/mol. The molecule has 3 rings (SSSR count). The molecule has 0 bridgehead atoms. The van der Waals surface area contributed by atoms with Crippen molar-refractivity contribution < 1.29 is 0 Å². The molecule has 0 amide bonds. The first kappa shape index (κ1) is 8.84. The molecule has 0 unspecified atom stereocenters. The van der Waals surface area contributed by atoms with Gasteiger partial charge in [-0.3, -0.25) is 0 Å². The summed E-state index contributed by atoms with van der Waals surface area (Å²) in [4.78, 5) is 15.4. The monoisotopic (exact) mass is 211 g/mol. The van der Waals surface area contributed by atoms with Gasteiger partial charge < -0.3 is 10.7 Å². The highest BCUT2D eigenvalue weighted by atomic mass is 15.0. The van der Waals surface area contributed by atoms with Gasteiger partial charge in [0.15, 0.2) is 5.65 Å². The van der Waals surface area contributed by atoms with Gasteiger partial charge in [-0.2, -0.15) is 0 Å². The average Bonchev–Trinajstić information content (AvgIpc) is 2.76. The van der Waals surface area contributed by atoms with E-state index in [1.807, 2.05) is 24.3 Å². The summed E-state index contributed by atoms with van der Waals surface area (Å²) in [6.45, 7) is 0. The van der Waals surface area contributed by atoms with Crippen molar-refractivity contribution in [2.45, 2.75) is 0 Å². The predicted octanol–water partition coefficient (Wildman–Crippen LogP) is 1.60. The van der Waals surface area contributed by atoms with Crippen LogP contribution in [0, 0.1) is 0 Å². The van der Waals surface area contributed by atoms with E-state index in [0.717, 1.165) is 16.8 Å². The molecule has 5 nitrogen and oxygen atoms in total. The Morgan fingerprint density at radius 3 is 2.94 bits per heavy atom. The van der Waals surface area contributed by atoms with E-state index in [9.17, 15) is 0 Å². The van der Waals surface area contributed by atoms with E-state index in [4.69, 9.17) is 5.73 Å². The van der Waals surface area contributed by atoms with Gasteiger partial charge in [-0.25, -0.2) is 15.0 Å². The fourth-order valence-corrected chi connectivity index (χ4v) is 1.67. The first-order chi connectivity index (χ1) is 7.84. The minimum atomic E-state index is 0.660. The second-order valence-corrected chi connectivity index (χ2v) is 3.45. The number of imidazole rings is 1. The van der Waals surface area contributed by atoms with E-state index in [1.54, 1.807) is 6.33 Å². The van der Waals surface area contributed by atoms with Crippen molar-refractivity contribution in [3.63, 3.8) is 0 Å². The van der Waals surface area contributed by atoms with Crippen LogP contribution in [0.2, 0.25) is 0 Å². The minimum absolute atomic E-state index is 0.660. The van der Waals surface area contributed by atoms with Crippen molar-refractivity contribution in [3.8, 4) is 11.3 Å². The molecule has 0 saturated heterocycles. The molecule has 0 aliphatic carbocycles. The van der Waals surface area contributed by atoms with Crippen LogP contribution in [0.3, 0.4) is 0 Å². The van der Waals surface area contributed by atoms with Gasteiger partial charge in [0.05, 0.1) is 12.0 Å². The summed E-state index contributed by atoms with van der Waals surface area (Å²) in [5, 5.41) is 0. The van der Waals surface area contributed by atoms with E-state index in [-0.39, 0.29) is 0 Å². The molecule has 1 aromatic carbocycles. The lowest BCUT2D eigenvalue weighted by Crippen LogP contribution is -1.90. The van der Waals surface area contributed by atoms with Crippen LogP contribution in [0.15, 0.2) is 36.9 Å². The summed E-state index contributed by atoms with van der Waals surface area (Å²) in [5.41, 5.74) is 9.71. The summed E-state index contributed by atoms with van der Waals surface area (Å²) in [5.74, 6) is 0. The highest BCUT2D eigenvalue weighted by Crippen LogP contribution is 2.24. The lowest BCUT2D eigenvalue weighted by atomic mass is 10.1. The molecule has 0 radical (unpaired) electrons. The zero-order valence-corrected chi connectivity index (χ0v) is 8.38. The number of benzene rings is 1. The molecule has 0 aliphatic rings. The first-order valence-corrected chi connectivity index (χ1v) is 4.84. The number of anilines is 1. The van der Waals surface area contributed by atoms with Crippen LogP contribution in [-0.4, -0.2) is 19.9 Å². The van der Waals surface area contributed by atoms with Crippen molar-refractivity contribution in [2.24, 2.45) is 0 Å². The average molecular weight is 211 g/mol. The quantitative estimate of drug-likeness (QED) is 0.599. The number of nitrogens with zero attached hydrogens (tertiary/aromatic N) is 3. The van der Waals surface area contributed by atoms with Crippen molar-refractivity contribution in [1.29, 1.82) is 0 Å². The number of fused-ring (bicyclic) bond motifs is 1. The number of rotatable bonds is 1. The SMILES string of the molecule is Nc1cccc(-c2ncnc3nc[nH]c23)c1. The Kier molecular flexibility index (Phi) is 1.83. The Morgan fingerprint density at radius 1 is 1.12 bits per heavy atom. The van der Waals surface area contributed by atoms with Crippen LogP contribution >= 0.6 is 0 Å². The van der Waals surface area contributed by atoms with Gasteiger partial charge in [0.2, 0.25) is 0 Å². The molecule has 0 fully saturated rings. The van der Waals surface area contributed by atoms with E-state index in [1.165, 1.54) is 6.33 Å². The summed E-state index contributed by atoms with van der Waals surface area (Å²) in [6, 6.07) is 7.57. The van der Waals surface area contributed by atoms with E-state index < -0.39 is 0 Å². The highest BCUT2D eigenvalue weighted by molar-refractivity contribution is 5.87. The molecule has 16 heavy (non-hydrogen) atoms. The number of aromatic nitrogens is 4. The molecule has 5 heteroatoms. The van der Waals surface area contributed by atoms with E-state index in [2.05, 4.69) is 19.9 Å². The maximum absolute atomic E-state index is 5.75. The van der Waals surface area contributed by atoms with Crippen LogP contribution in [0.25, 0.3) is 22.4 Å². The van der Waals surface area contributed by atoms with Crippen LogP contribution in [0.1, 0.15) is 0 Å². The van der Waals surface area contributed by atoms with Gasteiger partial charge in [-0.15, -0.1) is 0 Å². The number of nitrogen functional groups attached to an aromatic ring is 1. The Labute approximate surface area is 91.4 Å². The molecule has 0 spiro atoms. The molecular formula is C11H9N5. The predicted molar refractivity (Wildman–Crippen MR) is 61.5 cm³/mol. The van der Waals surface area contributed by atoms with Crippen LogP contribution in [-0.2, 0) is 0 Å². The summed E-state index contributed by atoms with van der Waals surface area (Å²) < 4.78 is 0. The fourth-order valence-electron chi connectivity index (χ4n) is 1.67. The Morgan fingerprint density at radius 2 is 2.06 bits per heavy atom. The normalized spacial score (nSPS) is 10.8. The highest BCUT2D eigenvalue weighted by Gasteiger charge is 2.07. The third kappa shape index (κ3) is 1.30. The van der Waals surface area contributed by atoms with Gasteiger partial charge in [0.1, 0.15) is 11.8 Å². The van der Waals surface area contributed by atoms with Crippen LogP contribution in [0.4, 0.5) is 5.69 Å². The van der Waals surface area contributed by atoms with Crippen molar-refractivity contribution >= 4 is 16.9 Å². The Bertz CT molecular complexity index is 643.